The minimum absolute atomic E-state index is 0.116. The van der Waals surface area contributed by atoms with Crippen LogP contribution in [0, 0.1) is 13.8 Å². The van der Waals surface area contributed by atoms with Crippen molar-refractivity contribution in [2.24, 2.45) is 0 Å². The first kappa shape index (κ1) is 21.9. The predicted molar refractivity (Wildman–Crippen MR) is 128 cm³/mol. The minimum Gasteiger partial charge on any atom is -0.490 e. The first-order chi connectivity index (χ1) is 13.8. The molecule has 0 aliphatic carbocycles. The molecular formula is C22H22BrNO3S2. The summed E-state index contributed by atoms with van der Waals surface area (Å²) >= 11 is 10.4. The lowest BCUT2D eigenvalue weighted by Gasteiger charge is -2.17. The molecule has 0 unspecified atom stereocenters. The number of hydrogen-bond donors (Lipinski definition) is 0. The fourth-order valence-corrected chi connectivity index (χ4v) is 4.96. The van der Waals surface area contributed by atoms with Crippen molar-refractivity contribution in [2.45, 2.75) is 27.7 Å². The Balaban J connectivity index is 1.97. The van der Waals surface area contributed by atoms with Crippen molar-refractivity contribution >= 4 is 61.9 Å². The zero-order valence-corrected chi connectivity index (χ0v) is 20.0. The fraction of sp³-hybridized carbons (Fsp3) is 0.273. The Hall–Kier alpha value is -1.83. The second kappa shape index (κ2) is 9.32. The van der Waals surface area contributed by atoms with Gasteiger partial charge in [0.1, 0.15) is 0 Å². The Kier molecular flexibility index (Phi) is 7.03. The lowest BCUT2D eigenvalue weighted by atomic mass is 10.1. The third-order valence-electron chi connectivity index (χ3n) is 4.31. The highest BCUT2D eigenvalue weighted by atomic mass is 79.9. The number of thiocarbonyl (C=S) groups is 1. The van der Waals surface area contributed by atoms with Crippen molar-refractivity contribution in [3.8, 4) is 11.5 Å². The molecule has 1 saturated heterocycles. The Bertz CT molecular complexity index is 1000. The number of rotatable bonds is 6. The lowest BCUT2D eigenvalue weighted by Crippen LogP contribution is -2.28. The maximum atomic E-state index is 13.1. The molecule has 0 N–H and O–H groups in total. The highest BCUT2D eigenvalue weighted by molar-refractivity contribution is 9.10. The molecule has 0 atom stereocenters. The molecule has 0 aromatic heterocycles. The molecule has 0 saturated carbocycles. The first-order valence-corrected chi connectivity index (χ1v) is 11.3. The van der Waals surface area contributed by atoms with Crippen LogP contribution in [0.1, 0.15) is 30.5 Å². The minimum atomic E-state index is -0.116. The molecular weight excluding hydrogens is 470 g/mol. The molecule has 1 fully saturated rings. The zero-order valence-electron chi connectivity index (χ0n) is 16.7. The number of carbonyl (C=O) groups excluding carboxylic acids is 1. The van der Waals surface area contributed by atoms with Gasteiger partial charge in [-0.1, -0.05) is 41.7 Å². The van der Waals surface area contributed by atoms with E-state index in [1.807, 2.05) is 58.0 Å². The highest BCUT2D eigenvalue weighted by Gasteiger charge is 2.34. The smallest absolute Gasteiger partial charge is 0.270 e. The van der Waals surface area contributed by atoms with Crippen molar-refractivity contribution in [2.75, 3.05) is 18.1 Å². The molecule has 7 heteroatoms. The van der Waals surface area contributed by atoms with E-state index < -0.39 is 0 Å². The summed E-state index contributed by atoms with van der Waals surface area (Å²) in [7, 11) is 0. The predicted octanol–water partition coefficient (Wildman–Crippen LogP) is 6.27. The second-order valence-corrected chi connectivity index (χ2v) is 9.03. The van der Waals surface area contributed by atoms with Gasteiger partial charge in [0.25, 0.3) is 5.91 Å². The van der Waals surface area contributed by atoms with Crippen molar-refractivity contribution in [3.05, 3.63) is 56.4 Å². The highest BCUT2D eigenvalue weighted by Crippen LogP contribution is 2.40. The number of thioether (sulfide) groups is 1. The number of ether oxygens (including phenoxy) is 2. The molecule has 0 spiro atoms. The van der Waals surface area contributed by atoms with Gasteiger partial charge in [0, 0.05) is 0 Å². The average molecular weight is 492 g/mol. The van der Waals surface area contributed by atoms with Gasteiger partial charge in [-0.05, 0) is 79.0 Å². The summed E-state index contributed by atoms with van der Waals surface area (Å²) in [6.07, 6.45) is 1.84. The van der Waals surface area contributed by atoms with Gasteiger partial charge in [-0.25, -0.2) is 0 Å². The van der Waals surface area contributed by atoms with E-state index in [4.69, 9.17) is 21.7 Å². The van der Waals surface area contributed by atoms with Crippen LogP contribution >= 0.6 is 39.9 Å². The SMILES string of the molecule is CCOc1cc(/C=C2\SC(=S)N(c3ccc(C)cc3C)C2=O)cc(Br)c1OCC. The van der Waals surface area contributed by atoms with Gasteiger partial charge < -0.3 is 9.47 Å². The van der Waals surface area contributed by atoms with Crippen LogP contribution in [0.5, 0.6) is 11.5 Å². The van der Waals surface area contributed by atoms with E-state index in [9.17, 15) is 4.79 Å². The van der Waals surface area contributed by atoms with Gasteiger partial charge in [-0.15, -0.1) is 0 Å². The molecule has 152 valence electrons. The third-order valence-corrected chi connectivity index (χ3v) is 6.20. The standard InChI is InChI=1S/C22H22BrNO3S2/c1-5-26-18-11-15(10-16(23)20(18)27-6-2)12-19-21(25)24(22(28)29-19)17-8-7-13(3)9-14(17)4/h7-12H,5-6H2,1-4H3/b19-12-. The van der Waals surface area contributed by atoms with Crippen LogP contribution in [0.4, 0.5) is 5.69 Å². The number of aryl methyl sites for hydroxylation is 2. The summed E-state index contributed by atoms with van der Waals surface area (Å²) in [4.78, 5) is 15.3. The van der Waals surface area contributed by atoms with Gasteiger partial charge in [0.05, 0.1) is 28.3 Å². The number of nitrogens with zero attached hydrogens (tertiary/aromatic N) is 1. The largest absolute Gasteiger partial charge is 0.490 e. The van der Waals surface area contributed by atoms with Crippen molar-refractivity contribution in [1.82, 2.24) is 0 Å². The summed E-state index contributed by atoms with van der Waals surface area (Å²) in [5.74, 6) is 1.18. The van der Waals surface area contributed by atoms with E-state index in [1.54, 1.807) is 4.90 Å². The Labute approximate surface area is 189 Å². The average Bonchev–Trinajstić information content (AvgIpc) is 2.92. The Morgan fingerprint density at radius 2 is 1.86 bits per heavy atom. The summed E-state index contributed by atoms with van der Waals surface area (Å²) < 4.78 is 12.7. The van der Waals surface area contributed by atoms with Crippen LogP contribution in [0.3, 0.4) is 0 Å². The molecule has 1 aliphatic heterocycles. The van der Waals surface area contributed by atoms with Crippen LogP contribution in [-0.4, -0.2) is 23.4 Å². The summed E-state index contributed by atoms with van der Waals surface area (Å²) in [6, 6.07) is 9.78. The molecule has 1 amide bonds. The van der Waals surface area contributed by atoms with E-state index in [2.05, 4.69) is 22.0 Å². The Morgan fingerprint density at radius 1 is 1.14 bits per heavy atom. The second-order valence-electron chi connectivity index (χ2n) is 6.50. The number of amides is 1. The van der Waals surface area contributed by atoms with Gasteiger partial charge in [-0.2, -0.15) is 0 Å². The molecule has 0 bridgehead atoms. The lowest BCUT2D eigenvalue weighted by molar-refractivity contribution is -0.113. The molecule has 0 radical (unpaired) electrons. The van der Waals surface area contributed by atoms with Gasteiger partial charge >= 0.3 is 0 Å². The van der Waals surface area contributed by atoms with Gasteiger partial charge in [-0.3, -0.25) is 9.69 Å². The van der Waals surface area contributed by atoms with Crippen molar-refractivity contribution in [1.29, 1.82) is 0 Å². The van der Waals surface area contributed by atoms with E-state index in [-0.39, 0.29) is 5.91 Å². The first-order valence-electron chi connectivity index (χ1n) is 9.30. The maximum absolute atomic E-state index is 13.1. The van der Waals surface area contributed by atoms with E-state index >= 15 is 0 Å². The van der Waals surface area contributed by atoms with Crippen LogP contribution in [0.25, 0.3) is 6.08 Å². The number of carbonyl (C=O) groups is 1. The summed E-state index contributed by atoms with van der Waals surface area (Å²) in [5, 5.41) is 0. The molecule has 2 aromatic carbocycles. The molecule has 1 heterocycles. The molecule has 2 aromatic rings. The van der Waals surface area contributed by atoms with Gasteiger partial charge in [0.15, 0.2) is 15.8 Å². The number of benzene rings is 2. The maximum Gasteiger partial charge on any atom is 0.270 e. The Morgan fingerprint density at radius 3 is 2.52 bits per heavy atom. The molecule has 4 nitrogen and oxygen atoms in total. The summed E-state index contributed by atoms with van der Waals surface area (Å²) in [5.41, 5.74) is 3.83. The normalized spacial score (nSPS) is 15.3. The third kappa shape index (κ3) is 4.68. The van der Waals surface area contributed by atoms with Crippen LogP contribution in [-0.2, 0) is 4.79 Å². The quantitative estimate of drug-likeness (QED) is 0.351. The monoisotopic (exact) mass is 491 g/mol. The van der Waals surface area contributed by atoms with Gasteiger partial charge in [0.2, 0.25) is 0 Å². The number of hydrogen-bond acceptors (Lipinski definition) is 5. The van der Waals surface area contributed by atoms with Crippen molar-refractivity contribution in [3.63, 3.8) is 0 Å². The van der Waals surface area contributed by atoms with E-state index in [1.165, 1.54) is 11.8 Å². The molecule has 1 aliphatic rings. The summed E-state index contributed by atoms with van der Waals surface area (Å²) in [6.45, 7) is 8.92. The molecule has 29 heavy (non-hydrogen) atoms. The van der Waals surface area contributed by atoms with E-state index in [0.29, 0.717) is 33.9 Å². The van der Waals surface area contributed by atoms with Crippen molar-refractivity contribution < 1.29 is 14.3 Å². The van der Waals surface area contributed by atoms with E-state index in [0.717, 1.165) is 26.9 Å². The fourth-order valence-electron chi connectivity index (χ4n) is 3.10. The zero-order chi connectivity index (χ0) is 21.1. The number of anilines is 1. The number of halogens is 1. The molecule has 3 rings (SSSR count). The topological polar surface area (TPSA) is 38.8 Å². The van der Waals surface area contributed by atoms with Crippen LogP contribution in [0.15, 0.2) is 39.7 Å². The van der Waals surface area contributed by atoms with Crippen LogP contribution in [0.2, 0.25) is 0 Å². The van der Waals surface area contributed by atoms with Crippen LogP contribution < -0.4 is 14.4 Å².